The Kier molecular flexibility index (Phi) is 3.71. The highest BCUT2D eigenvalue weighted by Crippen LogP contribution is 2.12. The molecule has 0 saturated heterocycles. The summed E-state index contributed by atoms with van der Waals surface area (Å²) in [4.78, 5) is 14.0. The van der Waals surface area contributed by atoms with Gasteiger partial charge in [-0.2, -0.15) is 0 Å². The van der Waals surface area contributed by atoms with Gasteiger partial charge in [0.15, 0.2) is 0 Å². The predicted octanol–water partition coefficient (Wildman–Crippen LogP) is 1.76. The minimum absolute atomic E-state index is 0.343. The highest BCUT2D eigenvalue weighted by Gasteiger charge is 1.99. The van der Waals surface area contributed by atoms with Crippen LogP contribution in [0.1, 0.15) is 11.3 Å². The van der Waals surface area contributed by atoms with Crippen LogP contribution in [0.5, 0.6) is 0 Å². The largest absolute Gasteiger partial charge is 0.467 e. The lowest BCUT2D eigenvalue weighted by molar-refractivity contribution is -0.128. The minimum Gasteiger partial charge on any atom is -0.467 e. The molecule has 0 N–H and O–H groups in total. The highest BCUT2D eigenvalue weighted by molar-refractivity contribution is 6.30. The van der Waals surface area contributed by atoms with Crippen LogP contribution >= 0.6 is 11.6 Å². The molecule has 70 valence electrons. The molecule has 1 aromatic rings. The molecule has 0 bridgehead atoms. The first kappa shape index (κ1) is 9.99. The third-order valence-corrected chi connectivity index (χ3v) is 2.02. The van der Waals surface area contributed by atoms with Crippen LogP contribution in [-0.2, 0) is 16.0 Å². The van der Waals surface area contributed by atoms with E-state index in [2.05, 4.69) is 9.72 Å². The fourth-order valence-electron chi connectivity index (χ4n) is 0.892. The molecule has 0 aliphatic carbocycles. The normalized spacial score (nSPS) is 9.69. The van der Waals surface area contributed by atoms with Crippen molar-refractivity contribution in [3.8, 4) is 0 Å². The molecule has 3 nitrogen and oxygen atoms in total. The molecule has 0 saturated carbocycles. The maximum atomic E-state index is 9.85. The molecule has 1 rings (SSSR count). The minimum atomic E-state index is 0.343. The van der Waals surface area contributed by atoms with Gasteiger partial charge in [-0.25, -0.2) is 4.98 Å². The Morgan fingerprint density at radius 1 is 1.62 bits per heavy atom. The van der Waals surface area contributed by atoms with Gasteiger partial charge in [-0.15, -0.1) is 0 Å². The van der Waals surface area contributed by atoms with Gasteiger partial charge in [-0.05, 0) is 18.6 Å². The lowest BCUT2D eigenvalue weighted by Crippen LogP contribution is -1.99. The van der Waals surface area contributed by atoms with E-state index in [-0.39, 0.29) is 0 Å². The Bertz CT molecular complexity index is 302. The summed E-state index contributed by atoms with van der Waals surface area (Å²) in [6.07, 6.45) is 0.596. The number of halogens is 1. The highest BCUT2D eigenvalue weighted by atomic mass is 35.5. The molecule has 1 aromatic heterocycles. The van der Waals surface area contributed by atoms with Crippen molar-refractivity contribution in [1.29, 1.82) is 0 Å². The topological polar surface area (TPSA) is 39.2 Å². The summed E-state index contributed by atoms with van der Waals surface area (Å²) in [5, 5.41) is 0.503. The van der Waals surface area contributed by atoms with Gasteiger partial charge in [0.1, 0.15) is 5.15 Å². The molecular weight excluding hydrogens is 190 g/mol. The van der Waals surface area contributed by atoms with Crippen LogP contribution in [0.4, 0.5) is 0 Å². The Morgan fingerprint density at radius 2 is 2.38 bits per heavy atom. The molecule has 0 unspecified atom stereocenters. The Hall–Kier alpha value is -1.09. The first-order chi connectivity index (χ1) is 6.24. The van der Waals surface area contributed by atoms with Crippen LogP contribution in [-0.4, -0.2) is 18.1 Å². The second-order valence-corrected chi connectivity index (χ2v) is 2.99. The summed E-state index contributed by atoms with van der Waals surface area (Å²) in [6, 6.07) is 3.76. The van der Waals surface area contributed by atoms with Crippen LogP contribution in [0.3, 0.4) is 0 Å². The molecule has 1 heterocycles. The van der Waals surface area contributed by atoms with Crippen molar-refractivity contribution in [3.05, 3.63) is 28.5 Å². The van der Waals surface area contributed by atoms with E-state index < -0.39 is 0 Å². The van der Waals surface area contributed by atoms with Gasteiger partial charge in [0.05, 0.1) is 6.61 Å². The van der Waals surface area contributed by atoms with Crippen LogP contribution in [0.15, 0.2) is 12.1 Å². The monoisotopic (exact) mass is 199 g/mol. The van der Waals surface area contributed by atoms with Gasteiger partial charge in [0, 0.05) is 12.1 Å². The van der Waals surface area contributed by atoms with E-state index in [1.165, 1.54) is 0 Å². The predicted molar refractivity (Wildman–Crippen MR) is 49.7 cm³/mol. The number of nitrogens with zero attached hydrogens (tertiary/aromatic N) is 1. The van der Waals surface area contributed by atoms with Gasteiger partial charge >= 0.3 is 0 Å². The van der Waals surface area contributed by atoms with Crippen molar-refractivity contribution in [2.45, 2.75) is 13.3 Å². The van der Waals surface area contributed by atoms with Crippen molar-refractivity contribution in [2.75, 3.05) is 6.61 Å². The van der Waals surface area contributed by atoms with E-state index >= 15 is 0 Å². The summed E-state index contributed by atoms with van der Waals surface area (Å²) in [5.41, 5.74) is 1.78. The average molecular weight is 200 g/mol. The van der Waals surface area contributed by atoms with Gasteiger partial charge in [-0.3, -0.25) is 4.79 Å². The molecule has 0 aliphatic rings. The van der Waals surface area contributed by atoms with Gasteiger partial charge in [0.2, 0.25) is 0 Å². The third kappa shape index (κ3) is 3.03. The first-order valence-corrected chi connectivity index (χ1v) is 4.29. The number of ether oxygens (including phenoxy) is 1. The fraction of sp³-hybridized carbons (Fsp3) is 0.333. The standard InChI is InChI=1S/C9H10ClNO2/c1-7-2-3-8(11-9(7)10)4-5-13-6-12/h2-3,6H,4-5H2,1H3. The Morgan fingerprint density at radius 3 is 3.00 bits per heavy atom. The first-order valence-electron chi connectivity index (χ1n) is 3.91. The van der Waals surface area contributed by atoms with Gasteiger partial charge in [-0.1, -0.05) is 17.7 Å². The van der Waals surface area contributed by atoms with Crippen LogP contribution in [0.25, 0.3) is 0 Å². The van der Waals surface area contributed by atoms with E-state index in [4.69, 9.17) is 11.6 Å². The number of aryl methyl sites for hydroxylation is 1. The van der Waals surface area contributed by atoms with Gasteiger partial charge < -0.3 is 4.74 Å². The molecule has 0 radical (unpaired) electrons. The van der Waals surface area contributed by atoms with Crippen LogP contribution in [0, 0.1) is 6.92 Å². The van der Waals surface area contributed by atoms with E-state index in [1.54, 1.807) is 0 Å². The van der Waals surface area contributed by atoms with Crippen molar-refractivity contribution in [2.24, 2.45) is 0 Å². The summed E-state index contributed by atoms with van der Waals surface area (Å²) < 4.78 is 4.54. The van der Waals surface area contributed by atoms with E-state index in [0.29, 0.717) is 24.7 Å². The quantitative estimate of drug-likeness (QED) is 0.422. The fourth-order valence-corrected chi connectivity index (χ4v) is 1.06. The molecule has 0 amide bonds. The number of pyridine rings is 1. The molecular formula is C9H10ClNO2. The van der Waals surface area contributed by atoms with Crippen molar-refractivity contribution in [3.63, 3.8) is 0 Å². The van der Waals surface area contributed by atoms with Crippen molar-refractivity contribution >= 4 is 18.1 Å². The van der Waals surface area contributed by atoms with Crippen molar-refractivity contribution < 1.29 is 9.53 Å². The lowest BCUT2D eigenvalue weighted by atomic mass is 10.2. The number of aromatic nitrogens is 1. The summed E-state index contributed by atoms with van der Waals surface area (Å²) >= 11 is 5.81. The van der Waals surface area contributed by atoms with E-state index in [1.807, 2.05) is 19.1 Å². The van der Waals surface area contributed by atoms with E-state index in [0.717, 1.165) is 11.3 Å². The zero-order valence-electron chi connectivity index (χ0n) is 7.29. The molecule has 0 fully saturated rings. The van der Waals surface area contributed by atoms with Crippen molar-refractivity contribution in [1.82, 2.24) is 4.98 Å². The summed E-state index contributed by atoms with van der Waals surface area (Å²) in [7, 11) is 0. The SMILES string of the molecule is Cc1ccc(CCOC=O)nc1Cl. The molecule has 0 aromatic carbocycles. The van der Waals surface area contributed by atoms with Crippen LogP contribution in [0.2, 0.25) is 5.15 Å². The maximum Gasteiger partial charge on any atom is 0.293 e. The molecule has 13 heavy (non-hydrogen) atoms. The zero-order chi connectivity index (χ0) is 9.68. The summed E-state index contributed by atoms with van der Waals surface area (Å²) in [6.45, 7) is 2.66. The second-order valence-electron chi connectivity index (χ2n) is 2.63. The smallest absolute Gasteiger partial charge is 0.293 e. The maximum absolute atomic E-state index is 9.85. The zero-order valence-corrected chi connectivity index (χ0v) is 8.04. The second kappa shape index (κ2) is 4.82. The number of carbonyl (C=O) groups excluding carboxylic acids is 1. The molecule has 0 aliphatic heterocycles. The van der Waals surface area contributed by atoms with Gasteiger partial charge in [0.25, 0.3) is 6.47 Å². The Balaban J connectivity index is 2.57. The molecule has 0 spiro atoms. The summed E-state index contributed by atoms with van der Waals surface area (Å²) in [5.74, 6) is 0. The van der Waals surface area contributed by atoms with E-state index in [9.17, 15) is 4.79 Å². The lowest BCUT2D eigenvalue weighted by Gasteiger charge is -2.01. The number of hydrogen-bond donors (Lipinski definition) is 0. The number of rotatable bonds is 4. The number of carbonyl (C=O) groups is 1. The van der Waals surface area contributed by atoms with Crippen LogP contribution < -0.4 is 0 Å². The molecule has 4 heteroatoms. The average Bonchev–Trinajstić information content (AvgIpc) is 2.12. The number of hydrogen-bond acceptors (Lipinski definition) is 3. The molecule has 0 atom stereocenters. The Labute approximate surface area is 81.7 Å². The third-order valence-electron chi connectivity index (χ3n) is 1.64.